The van der Waals surface area contributed by atoms with Gasteiger partial charge in [0.15, 0.2) is 0 Å². The molecule has 178 valence electrons. The van der Waals surface area contributed by atoms with E-state index in [4.69, 9.17) is 4.74 Å². The van der Waals surface area contributed by atoms with Gasteiger partial charge in [-0.25, -0.2) is 0 Å². The van der Waals surface area contributed by atoms with Gasteiger partial charge in [0, 0.05) is 43.6 Å². The van der Waals surface area contributed by atoms with E-state index in [0.29, 0.717) is 30.8 Å². The molecule has 8 heteroatoms. The van der Waals surface area contributed by atoms with Gasteiger partial charge in [-0.15, -0.1) is 0 Å². The number of benzene rings is 2. The van der Waals surface area contributed by atoms with Gasteiger partial charge in [-0.2, -0.15) is 0 Å². The number of nitrogens with one attached hydrogen (secondary N) is 1. The minimum Gasteiger partial charge on any atom is -0.372 e. The number of rotatable bonds is 6. The maximum atomic E-state index is 12.8. The average Bonchev–Trinajstić information content (AvgIpc) is 3.14. The van der Waals surface area contributed by atoms with Gasteiger partial charge in [-0.1, -0.05) is 24.3 Å². The molecule has 1 N–H and O–H groups in total. The van der Waals surface area contributed by atoms with Crippen LogP contribution < -0.4 is 5.32 Å². The summed E-state index contributed by atoms with van der Waals surface area (Å²) in [4.78, 5) is 51.9. The predicted octanol–water partition coefficient (Wildman–Crippen LogP) is 2.52. The lowest BCUT2D eigenvalue weighted by molar-refractivity contribution is -0.139. The number of morpholine rings is 1. The Morgan fingerprint density at radius 1 is 0.853 bits per heavy atom. The quantitative estimate of drug-likeness (QED) is 0.664. The summed E-state index contributed by atoms with van der Waals surface area (Å²) in [5.41, 5.74) is 2.79. The van der Waals surface area contributed by atoms with E-state index in [1.54, 1.807) is 36.4 Å². The number of carbonyl (C=O) groups excluding carboxylic acids is 4. The molecule has 0 saturated carbocycles. The van der Waals surface area contributed by atoms with Crippen LogP contribution in [-0.2, 0) is 27.4 Å². The van der Waals surface area contributed by atoms with Gasteiger partial charge in [0.2, 0.25) is 11.8 Å². The maximum absolute atomic E-state index is 12.8. The fourth-order valence-electron chi connectivity index (χ4n) is 4.32. The summed E-state index contributed by atoms with van der Waals surface area (Å²) in [6.07, 6.45) is 0.558. The summed E-state index contributed by atoms with van der Waals surface area (Å²) in [6.45, 7) is 5.63. The Morgan fingerprint density at radius 3 is 1.97 bits per heavy atom. The highest BCUT2D eigenvalue weighted by atomic mass is 16.5. The third kappa shape index (κ3) is 5.51. The van der Waals surface area contributed by atoms with E-state index < -0.39 is 0 Å². The third-order valence-electron chi connectivity index (χ3n) is 6.07. The normalized spacial score (nSPS) is 20.5. The van der Waals surface area contributed by atoms with Crippen molar-refractivity contribution in [3.8, 4) is 0 Å². The zero-order chi connectivity index (χ0) is 24.2. The Labute approximate surface area is 198 Å². The second-order valence-electron chi connectivity index (χ2n) is 8.92. The van der Waals surface area contributed by atoms with E-state index in [-0.39, 0.29) is 55.2 Å². The van der Waals surface area contributed by atoms with Crippen molar-refractivity contribution in [1.29, 1.82) is 0 Å². The Kier molecular flexibility index (Phi) is 7.07. The first-order valence-corrected chi connectivity index (χ1v) is 11.5. The van der Waals surface area contributed by atoms with E-state index in [2.05, 4.69) is 5.32 Å². The standard InChI is InChI=1S/C26H29N3O5/c1-17-14-28(15-18(2)34-17)26(33)22-9-3-19(4-10-22)13-27-25(32)21-7-5-20(6-8-21)16-29-23(30)11-12-24(29)31/h3-10,17-18H,11-16H2,1-2H3,(H,27,32). The molecule has 2 heterocycles. The molecular weight excluding hydrogens is 434 g/mol. The number of likely N-dealkylation sites (tertiary alicyclic amines) is 1. The molecule has 4 rings (SSSR count). The van der Waals surface area contributed by atoms with Crippen molar-refractivity contribution in [2.45, 2.75) is 52.0 Å². The lowest BCUT2D eigenvalue weighted by Crippen LogP contribution is -2.48. The van der Waals surface area contributed by atoms with Gasteiger partial charge in [0.05, 0.1) is 18.8 Å². The predicted molar refractivity (Wildman–Crippen MR) is 125 cm³/mol. The van der Waals surface area contributed by atoms with Crippen molar-refractivity contribution < 1.29 is 23.9 Å². The van der Waals surface area contributed by atoms with Crippen molar-refractivity contribution in [1.82, 2.24) is 15.1 Å². The minimum atomic E-state index is -0.226. The molecule has 4 amide bonds. The van der Waals surface area contributed by atoms with Crippen LogP contribution in [0.4, 0.5) is 0 Å². The van der Waals surface area contributed by atoms with Gasteiger partial charge in [0.1, 0.15) is 0 Å². The molecule has 34 heavy (non-hydrogen) atoms. The monoisotopic (exact) mass is 463 g/mol. The first-order chi connectivity index (χ1) is 16.3. The van der Waals surface area contributed by atoms with Gasteiger partial charge >= 0.3 is 0 Å². The smallest absolute Gasteiger partial charge is 0.254 e. The Morgan fingerprint density at radius 2 is 1.38 bits per heavy atom. The largest absolute Gasteiger partial charge is 0.372 e. The highest BCUT2D eigenvalue weighted by Gasteiger charge is 2.29. The highest BCUT2D eigenvalue weighted by Crippen LogP contribution is 2.17. The summed E-state index contributed by atoms with van der Waals surface area (Å²) in [7, 11) is 0. The molecule has 2 atom stereocenters. The molecule has 2 aromatic carbocycles. The van der Waals surface area contributed by atoms with Crippen molar-refractivity contribution in [3.63, 3.8) is 0 Å². The summed E-state index contributed by atoms with van der Waals surface area (Å²) in [5.74, 6) is -0.562. The van der Waals surface area contributed by atoms with Crippen LogP contribution in [0.15, 0.2) is 48.5 Å². The summed E-state index contributed by atoms with van der Waals surface area (Å²) < 4.78 is 5.69. The number of hydrogen-bond donors (Lipinski definition) is 1. The fourth-order valence-corrected chi connectivity index (χ4v) is 4.32. The molecule has 0 radical (unpaired) electrons. The molecule has 0 aromatic heterocycles. The third-order valence-corrected chi connectivity index (χ3v) is 6.07. The zero-order valence-electron chi connectivity index (χ0n) is 19.5. The zero-order valence-corrected chi connectivity index (χ0v) is 19.5. The first-order valence-electron chi connectivity index (χ1n) is 11.5. The Bertz CT molecular complexity index is 1050. The average molecular weight is 464 g/mol. The van der Waals surface area contributed by atoms with E-state index >= 15 is 0 Å². The topological polar surface area (TPSA) is 96.0 Å². The van der Waals surface area contributed by atoms with E-state index in [0.717, 1.165) is 11.1 Å². The molecule has 2 aliphatic heterocycles. The van der Waals surface area contributed by atoms with Crippen molar-refractivity contribution in [2.24, 2.45) is 0 Å². The molecule has 2 saturated heterocycles. The molecule has 0 spiro atoms. The lowest BCUT2D eigenvalue weighted by atomic mass is 10.1. The number of ether oxygens (including phenoxy) is 1. The molecule has 2 fully saturated rings. The van der Waals surface area contributed by atoms with Crippen LogP contribution in [0.5, 0.6) is 0 Å². The number of imide groups is 1. The molecule has 0 bridgehead atoms. The van der Waals surface area contributed by atoms with Gasteiger partial charge < -0.3 is 15.0 Å². The second kappa shape index (κ2) is 10.2. The molecule has 2 aliphatic rings. The number of nitrogens with zero attached hydrogens (tertiary/aromatic N) is 2. The van der Waals surface area contributed by atoms with Crippen molar-refractivity contribution in [3.05, 3.63) is 70.8 Å². The summed E-state index contributed by atoms with van der Waals surface area (Å²) >= 11 is 0. The van der Waals surface area contributed by atoms with Crippen LogP contribution in [0.25, 0.3) is 0 Å². The molecule has 0 aliphatic carbocycles. The van der Waals surface area contributed by atoms with Gasteiger partial charge in [0.25, 0.3) is 11.8 Å². The van der Waals surface area contributed by atoms with Crippen LogP contribution in [0.2, 0.25) is 0 Å². The van der Waals surface area contributed by atoms with Crippen LogP contribution >= 0.6 is 0 Å². The minimum absolute atomic E-state index is 0.0152. The molecule has 2 aromatic rings. The first kappa shape index (κ1) is 23.6. The Balaban J connectivity index is 1.29. The van der Waals surface area contributed by atoms with E-state index in [1.165, 1.54) is 4.90 Å². The van der Waals surface area contributed by atoms with Crippen LogP contribution in [0.1, 0.15) is 58.5 Å². The summed E-state index contributed by atoms with van der Waals surface area (Å²) in [6, 6.07) is 14.1. The lowest BCUT2D eigenvalue weighted by Gasteiger charge is -2.35. The van der Waals surface area contributed by atoms with Gasteiger partial charge in [-0.3, -0.25) is 24.1 Å². The van der Waals surface area contributed by atoms with Gasteiger partial charge in [-0.05, 0) is 49.2 Å². The highest BCUT2D eigenvalue weighted by molar-refractivity contribution is 6.01. The maximum Gasteiger partial charge on any atom is 0.254 e. The molecular formula is C26H29N3O5. The Hall–Kier alpha value is -3.52. The van der Waals surface area contributed by atoms with Crippen LogP contribution in [-0.4, -0.2) is 58.7 Å². The molecule has 8 nitrogen and oxygen atoms in total. The SMILES string of the molecule is CC1CN(C(=O)c2ccc(CNC(=O)c3ccc(CN4C(=O)CCC4=O)cc3)cc2)CC(C)O1. The van der Waals surface area contributed by atoms with E-state index in [9.17, 15) is 19.2 Å². The van der Waals surface area contributed by atoms with Crippen LogP contribution in [0.3, 0.4) is 0 Å². The van der Waals surface area contributed by atoms with E-state index in [1.807, 2.05) is 30.9 Å². The number of carbonyl (C=O) groups is 4. The fraction of sp³-hybridized carbons (Fsp3) is 0.385. The molecule has 2 unspecified atom stereocenters. The summed E-state index contributed by atoms with van der Waals surface area (Å²) in [5, 5.41) is 2.88. The number of hydrogen-bond acceptors (Lipinski definition) is 5. The second-order valence-corrected chi connectivity index (χ2v) is 8.92. The van der Waals surface area contributed by atoms with Crippen molar-refractivity contribution >= 4 is 23.6 Å². The number of amides is 4. The van der Waals surface area contributed by atoms with Crippen molar-refractivity contribution in [2.75, 3.05) is 13.1 Å². The van der Waals surface area contributed by atoms with Crippen LogP contribution in [0, 0.1) is 0 Å².